The molecule has 0 aliphatic heterocycles. The van der Waals surface area contributed by atoms with E-state index in [1.165, 1.54) is 18.4 Å². The first-order valence-electron chi connectivity index (χ1n) is 5.89. The lowest BCUT2D eigenvalue weighted by Crippen LogP contribution is -2.34. The van der Waals surface area contributed by atoms with E-state index in [2.05, 4.69) is 44.3 Å². The summed E-state index contributed by atoms with van der Waals surface area (Å²) in [6.07, 6.45) is 6.50. The molecule has 1 aromatic heterocycles. The molecule has 0 fully saturated rings. The van der Waals surface area contributed by atoms with Crippen LogP contribution in [0.1, 0.15) is 45.2 Å². The highest BCUT2D eigenvalue weighted by atomic mass is 15.3. The summed E-state index contributed by atoms with van der Waals surface area (Å²) < 4.78 is 2.04. The van der Waals surface area contributed by atoms with Crippen LogP contribution < -0.4 is 5.32 Å². The van der Waals surface area contributed by atoms with Gasteiger partial charge in [0.25, 0.3) is 0 Å². The van der Waals surface area contributed by atoms with Crippen LogP contribution in [0.25, 0.3) is 0 Å². The Morgan fingerprint density at radius 1 is 1.47 bits per heavy atom. The van der Waals surface area contributed by atoms with Crippen molar-refractivity contribution in [3.8, 4) is 0 Å². The van der Waals surface area contributed by atoms with E-state index in [1.807, 2.05) is 10.9 Å². The molecule has 0 unspecified atom stereocenters. The van der Waals surface area contributed by atoms with Gasteiger partial charge >= 0.3 is 0 Å². The molecular formula is C12H23N3. The van der Waals surface area contributed by atoms with Gasteiger partial charge in [-0.25, -0.2) is 0 Å². The molecule has 0 spiro atoms. The van der Waals surface area contributed by atoms with Gasteiger partial charge in [-0.1, -0.05) is 13.3 Å². The van der Waals surface area contributed by atoms with Gasteiger partial charge in [-0.15, -0.1) is 0 Å². The minimum absolute atomic E-state index is 0.413. The number of unbranched alkanes of at least 4 members (excludes halogenated alkanes) is 1. The lowest BCUT2D eigenvalue weighted by atomic mass is 10.1. The predicted molar refractivity (Wildman–Crippen MR) is 64.0 cm³/mol. The Morgan fingerprint density at radius 3 is 2.73 bits per heavy atom. The second kappa shape index (κ2) is 5.91. The van der Waals surface area contributed by atoms with Crippen LogP contribution in [-0.4, -0.2) is 22.4 Å². The molecule has 0 bridgehead atoms. The summed E-state index contributed by atoms with van der Waals surface area (Å²) in [6, 6.07) is 0.881. The molecule has 0 aliphatic carbocycles. The highest BCUT2D eigenvalue weighted by molar-refractivity contribution is 5.00. The van der Waals surface area contributed by atoms with Crippen LogP contribution in [-0.2, 0) is 0 Å². The molecule has 15 heavy (non-hydrogen) atoms. The first-order valence-corrected chi connectivity index (χ1v) is 5.89. The summed E-state index contributed by atoms with van der Waals surface area (Å²) in [5.41, 5.74) is 1.22. The van der Waals surface area contributed by atoms with Crippen LogP contribution in [0.2, 0.25) is 0 Å². The maximum Gasteiger partial charge on any atom is 0.0641 e. The third kappa shape index (κ3) is 3.67. The second-order valence-corrected chi connectivity index (χ2v) is 4.33. The van der Waals surface area contributed by atoms with Gasteiger partial charge in [-0.05, 0) is 39.3 Å². The SMILES string of the molecule is CCCCN[C@@H](C)[C@H](C)n1cc(C)cn1. The first kappa shape index (κ1) is 12.2. The highest BCUT2D eigenvalue weighted by Crippen LogP contribution is 2.10. The van der Waals surface area contributed by atoms with Crippen LogP contribution in [0.3, 0.4) is 0 Å². The van der Waals surface area contributed by atoms with E-state index in [0.717, 1.165) is 6.54 Å². The third-order valence-electron chi connectivity index (χ3n) is 2.87. The second-order valence-electron chi connectivity index (χ2n) is 4.33. The summed E-state index contributed by atoms with van der Waals surface area (Å²) in [5.74, 6) is 0. The number of hydrogen-bond acceptors (Lipinski definition) is 2. The van der Waals surface area contributed by atoms with Crippen molar-refractivity contribution < 1.29 is 0 Å². The van der Waals surface area contributed by atoms with Crippen molar-refractivity contribution in [2.24, 2.45) is 0 Å². The molecule has 0 aliphatic rings. The maximum absolute atomic E-state index is 4.34. The zero-order chi connectivity index (χ0) is 11.3. The van der Waals surface area contributed by atoms with Gasteiger partial charge in [0.1, 0.15) is 0 Å². The van der Waals surface area contributed by atoms with Crippen molar-refractivity contribution in [3.05, 3.63) is 18.0 Å². The average molecular weight is 209 g/mol. The Morgan fingerprint density at radius 2 is 2.20 bits per heavy atom. The molecule has 0 radical (unpaired) electrons. The minimum atomic E-state index is 0.413. The van der Waals surface area contributed by atoms with Gasteiger partial charge in [0.15, 0.2) is 0 Å². The van der Waals surface area contributed by atoms with E-state index in [1.54, 1.807) is 0 Å². The molecule has 0 saturated carbocycles. The number of hydrogen-bond donors (Lipinski definition) is 1. The Kier molecular flexibility index (Phi) is 4.82. The standard InChI is InChI=1S/C12H23N3/c1-5-6-7-13-11(3)12(4)15-9-10(2)8-14-15/h8-9,11-13H,5-7H2,1-4H3/t11-,12-/m0/s1. The van der Waals surface area contributed by atoms with E-state index in [-0.39, 0.29) is 0 Å². The topological polar surface area (TPSA) is 29.9 Å². The Bertz CT molecular complexity index is 280. The van der Waals surface area contributed by atoms with Crippen molar-refractivity contribution >= 4 is 0 Å². The van der Waals surface area contributed by atoms with Crippen molar-refractivity contribution in [1.29, 1.82) is 0 Å². The van der Waals surface area contributed by atoms with Crippen molar-refractivity contribution in [3.63, 3.8) is 0 Å². The van der Waals surface area contributed by atoms with Crippen LogP contribution in [0.5, 0.6) is 0 Å². The molecule has 0 amide bonds. The van der Waals surface area contributed by atoms with Crippen molar-refractivity contribution in [2.75, 3.05) is 6.54 Å². The number of aromatic nitrogens is 2. The summed E-state index contributed by atoms with van der Waals surface area (Å²) >= 11 is 0. The molecule has 3 nitrogen and oxygen atoms in total. The predicted octanol–water partition coefficient (Wildman–Crippen LogP) is 2.53. The third-order valence-corrected chi connectivity index (χ3v) is 2.87. The molecule has 1 rings (SSSR count). The molecular weight excluding hydrogens is 186 g/mol. The largest absolute Gasteiger partial charge is 0.312 e. The fourth-order valence-corrected chi connectivity index (χ4v) is 1.56. The monoisotopic (exact) mass is 209 g/mol. The summed E-state index contributed by atoms with van der Waals surface area (Å²) in [7, 11) is 0. The number of aryl methyl sites for hydroxylation is 1. The first-order chi connectivity index (χ1) is 7.15. The zero-order valence-electron chi connectivity index (χ0n) is 10.3. The van der Waals surface area contributed by atoms with Crippen LogP contribution in [0, 0.1) is 6.92 Å². The van der Waals surface area contributed by atoms with Crippen LogP contribution in [0.15, 0.2) is 12.4 Å². The molecule has 1 aromatic rings. The van der Waals surface area contributed by atoms with Crippen molar-refractivity contribution in [2.45, 2.75) is 52.6 Å². The summed E-state index contributed by atoms with van der Waals surface area (Å²) in [6.45, 7) is 9.81. The van der Waals surface area contributed by atoms with Crippen LogP contribution >= 0.6 is 0 Å². The van der Waals surface area contributed by atoms with E-state index in [9.17, 15) is 0 Å². The summed E-state index contributed by atoms with van der Waals surface area (Å²) in [4.78, 5) is 0. The van der Waals surface area contributed by atoms with Gasteiger partial charge in [0.2, 0.25) is 0 Å². The van der Waals surface area contributed by atoms with Crippen molar-refractivity contribution in [1.82, 2.24) is 15.1 Å². The van der Waals surface area contributed by atoms with E-state index >= 15 is 0 Å². The molecule has 2 atom stereocenters. The normalized spacial score (nSPS) is 15.2. The summed E-state index contributed by atoms with van der Waals surface area (Å²) in [5, 5.41) is 7.87. The van der Waals surface area contributed by atoms with Gasteiger partial charge in [-0.3, -0.25) is 4.68 Å². The lowest BCUT2D eigenvalue weighted by Gasteiger charge is -2.21. The minimum Gasteiger partial charge on any atom is -0.312 e. The molecule has 0 saturated heterocycles. The van der Waals surface area contributed by atoms with E-state index in [0.29, 0.717) is 12.1 Å². The quantitative estimate of drug-likeness (QED) is 0.730. The van der Waals surface area contributed by atoms with Gasteiger partial charge in [0, 0.05) is 12.2 Å². The molecule has 1 heterocycles. The molecule has 86 valence electrons. The Labute approximate surface area is 92.9 Å². The van der Waals surface area contributed by atoms with Gasteiger partial charge in [-0.2, -0.15) is 5.10 Å². The maximum atomic E-state index is 4.34. The Balaban J connectivity index is 2.42. The Hall–Kier alpha value is -0.830. The molecule has 1 N–H and O–H groups in total. The van der Waals surface area contributed by atoms with Crippen LogP contribution in [0.4, 0.5) is 0 Å². The average Bonchev–Trinajstić information content (AvgIpc) is 2.64. The highest BCUT2D eigenvalue weighted by Gasteiger charge is 2.13. The fourth-order valence-electron chi connectivity index (χ4n) is 1.56. The molecule has 0 aromatic carbocycles. The number of rotatable bonds is 6. The number of nitrogens with one attached hydrogen (secondary N) is 1. The van der Waals surface area contributed by atoms with E-state index < -0.39 is 0 Å². The zero-order valence-corrected chi connectivity index (χ0v) is 10.3. The number of nitrogens with zero attached hydrogens (tertiary/aromatic N) is 2. The van der Waals surface area contributed by atoms with E-state index in [4.69, 9.17) is 0 Å². The van der Waals surface area contributed by atoms with Gasteiger partial charge < -0.3 is 5.32 Å². The smallest absolute Gasteiger partial charge is 0.0641 e. The molecule has 3 heteroatoms. The lowest BCUT2D eigenvalue weighted by molar-refractivity contribution is 0.364. The fraction of sp³-hybridized carbons (Fsp3) is 0.750. The van der Waals surface area contributed by atoms with Gasteiger partial charge in [0.05, 0.1) is 12.2 Å².